The van der Waals surface area contributed by atoms with Gasteiger partial charge in [-0.2, -0.15) is 0 Å². The Morgan fingerprint density at radius 1 is 1.41 bits per heavy atom. The number of nitrogens with one attached hydrogen (secondary N) is 1. The molecule has 1 aromatic carbocycles. The third-order valence-electron chi connectivity index (χ3n) is 3.67. The van der Waals surface area contributed by atoms with Crippen LogP contribution in [0.2, 0.25) is 0 Å². The Balaban J connectivity index is 1.57. The number of rotatable bonds is 4. The van der Waals surface area contributed by atoms with Gasteiger partial charge in [-0.3, -0.25) is 9.69 Å². The molecule has 7 heteroatoms. The highest BCUT2D eigenvalue weighted by Gasteiger charge is 2.32. The van der Waals surface area contributed by atoms with Crippen LogP contribution in [-0.2, 0) is 6.54 Å². The van der Waals surface area contributed by atoms with E-state index in [-0.39, 0.29) is 17.8 Å². The number of benzene rings is 1. The van der Waals surface area contributed by atoms with Crippen LogP contribution in [0.3, 0.4) is 0 Å². The zero-order valence-electron chi connectivity index (χ0n) is 11.8. The predicted octanol–water partition coefficient (Wildman–Crippen LogP) is 1.26. The fourth-order valence-electron chi connectivity index (χ4n) is 2.55. The smallest absolute Gasteiger partial charge is 0.271 e. The second-order valence-electron chi connectivity index (χ2n) is 5.34. The van der Waals surface area contributed by atoms with Crippen molar-refractivity contribution in [3.8, 4) is 0 Å². The Labute approximate surface area is 131 Å². The molecule has 5 nitrogen and oxygen atoms in total. The maximum Gasteiger partial charge on any atom is 0.271 e. The van der Waals surface area contributed by atoms with E-state index in [9.17, 15) is 14.3 Å². The molecule has 1 amide bonds. The molecule has 0 radical (unpaired) electrons. The van der Waals surface area contributed by atoms with Gasteiger partial charge in [0.25, 0.3) is 5.91 Å². The molecule has 1 aliphatic heterocycles. The maximum absolute atomic E-state index is 12.9. The molecule has 1 fully saturated rings. The van der Waals surface area contributed by atoms with E-state index in [0.717, 1.165) is 5.56 Å². The van der Waals surface area contributed by atoms with Crippen molar-refractivity contribution in [2.75, 3.05) is 13.1 Å². The summed E-state index contributed by atoms with van der Waals surface area (Å²) in [6.45, 7) is 1.63. The van der Waals surface area contributed by atoms with Gasteiger partial charge >= 0.3 is 0 Å². The molecule has 2 N–H and O–H groups in total. The number of carbonyl (C=O) groups is 1. The zero-order valence-corrected chi connectivity index (χ0v) is 12.6. The van der Waals surface area contributed by atoms with E-state index in [1.54, 1.807) is 23.0 Å². The van der Waals surface area contributed by atoms with Crippen molar-refractivity contribution in [1.29, 1.82) is 0 Å². The minimum Gasteiger partial charge on any atom is -0.390 e. The number of hydrogen-bond acceptors (Lipinski definition) is 5. The number of amides is 1. The molecule has 116 valence electrons. The highest BCUT2D eigenvalue weighted by molar-refractivity contribution is 7.07. The largest absolute Gasteiger partial charge is 0.390 e. The van der Waals surface area contributed by atoms with Crippen molar-refractivity contribution in [1.82, 2.24) is 15.2 Å². The quantitative estimate of drug-likeness (QED) is 0.890. The number of hydrogen-bond donors (Lipinski definition) is 2. The summed E-state index contributed by atoms with van der Waals surface area (Å²) in [4.78, 5) is 18.0. The molecule has 22 heavy (non-hydrogen) atoms. The van der Waals surface area contributed by atoms with Crippen LogP contribution in [0.4, 0.5) is 4.39 Å². The van der Waals surface area contributed by atoms with Gasteiger partial charge in [-0.25, -0.2) is 9.37 Å². The van der Waals surface area contributed by atoms with Crippen molar-refractivity contribution in [3.05, 3.63) is 52.2 Å². The molecule has 0 unspecified atom stereocenters. The minimum absolute atomic E-state index is 0.265. The van der Waals surface area contributed by atoms with Crippen LogP contribution in [0.1, 0.15) is 16.1 Å². The summed E-state index contributed by atoms with van der Waals surface area (Å²) in [6.07, 6.45) is -0.622. The minimum atomic E-state index is -0.622. The van der Waals surface area contributed by atoms with Crippen LogP contribution in [0, 0.1) is 5.82 Å². The van der Waals surface area contributed by atoms with Gasteiger partial charge in [0.15, 0.2) is 0 Å². The second-order valence-corrected chi connectivity index (χ2v) is 6.06. The first kappa shape index (κ1) is 15.1. The summed E-state index contributed by atoms with van der Waals surface area (Å²) in [5.74, 6) is -0.535. The van der Waals surface area contributed by atoms with Crippen molar-refractivity contribution in [2.24, 2.45) is 0 Å². The van der Waals surface area contributed by atoms with E-state index in [1.807, 2.05) is 4.90 Å². The van der Waals surface area contributed by atoms with Crippen LogP contribution in [0.15, 0.2) is 35.2 Å². The summed E-state index contributed by atoms with van der Waals surface area (Å²) in [7, 11) is 0. The number of aliphatic hydroxyl groups is 1. The van der Waals surface area contributed by atoms with E-state index in [2.05, 4.69) is 10.3 Å². The average Bonchev–Trinajstić information content (AvgIpc) is 3.12. The first-order valence-corrected chi connectivity index (χ1v) is 7.90. The molecule has 0 aliphatic carbocycles. The fraction of sp³-hybridized carbons (Fsp3) is 0.333. The molecule has 1 saturated heterocycles. The van der Waals surface area contributed by atoms with E-state index in [0.29, 0.717) is 25.3 Å². The molecular weight excluding hydrogens is 305 g/mol. The number of halogens is 1. The fourth-order valence-corrected chi connectivity index (χ4v) is 3.08. The third-order valence-corrected chi connectivity index (χ3v) is 4.25. The second kappa shape index (κ2) is 6.51. The Morgan fingerprint density at radius 2 is 2.18 bits per heavy atom. The Kier molecular flexibility index (Phi) is 4.47. The Hall–Kier alpha value is -1.83. The number of β-amino-alcohol motifs (C(OH)–C–C–N with tert-alkyl or cyclic N) is 1. The number of thiazole rings is 1. The average molecular weight is 321 g/mol. The molecular formula is C15H16FN3O2S. The lowest BCUT2D eigenvalue weighted by molar-refractivity contribution is 0.0884. The number of likely N-dealkylation sites (tertiary alicyclic amines) is 1. The van der Waals surface area contributed by atoms with E-state index in [1.165, 1.54) is 23.5 Å². The van der Waals surface area contributed by atoms with Crippen LogP contribution in [0.5, 0.6) is 0 Å². The molecule has 2 atom stereocenters. The van der Waals surface area contributed by atoms with Crippen LogP contribution in [0.25, 0.3) is 0 Å². The van der Waals surface area contributed by atoms with Gasteiger partial charge in [-0.15, -0.1) is 11.3 Å². The summed E-state index contributed by atoms with van der Waals surface area (Å²) in [5.41, 5.74) is 2.94. The van der Waals surface area contributed by atoms with Gasteiger partial charge in [0.2, 0.25) is 0 Å². The first-order chi connectivity index (χ1) is 10.6. The van der Waals surface area contributed by atoms with Gasteiger partial charge in [0.1, 0.15) is 11.5 Å². The normalized spacial score (nSPS) is 21.9. The third kappa shape index (κ3) is 3.49. The zero-order chi connectivity index (χ0) is 15.5. The number of carbonyl (C=O) groups excluding carboxylic acids is 1. The van der Waals surface area contributed by atoms with Gasteiger partial charge in [-0.05, 0) is 17.7 Å². The topological polar surface area (TPSA) is 65.5 Å². The highest BCUT2D eigenvalue weighted by atomic mass is 32.1. The molecule has 2 heterocycles. The van der Waals surface area contributed by atoms with E-state index >= 15 is 0 Å². The van der Waals surface area contributed by atoms with E-state index < -0.39 is 6.10 Å². The number of aromatic nitrogens is 1. The molecule has 0 bridgehead atoms. The molecule has 0 saturated carbocycles. The summed E-state index contributed by atoms with van der Waals surface area (Å²) in [5, 5.41) is 14.6. The van der Waals surface area contributed by atoms with Gasteiger partial charge < -0.3 is 10.4 Å². The summed E-state index contributed by atoms with van der Waals surface area (Å²) < 4.78 is 12.9. The number of aliphatic hydroxyl groups excluding tert-OH is 1. The molecule has 0 spiro atoms. The molecule has 1 aliphatic rings. The standard InChI is InChI=1S/C15H16FN3O2S/c16-11-3-1-10(2-4-11)5-19-6-12(14(20)7-19)18-15(21)13-8-22-9-17-13/h1-4,8-9,12,14,20H,5-7H2,(H,18,21)/t12-,14-/m1/s1. The van der Waals surface area contributed by atoms with Crippen LogP contribution in [-0.4, -0.2) is 46.1 Å². The summed E-state index contributed by atoms with van der Waals surface area (Å²) in [6, 6.07) is 5.97. The Bertz CT molecular complexity index is 633. The van der Waals surface area contributed by atoms with E-state index in [4.69, 9.17) is 0 Å². The SMILES string of the molecule is O=C(N[C@@H]1CN(Cc2ccc(F)cc2)C[C@H]1O)c1cscn1. The monoisotopic (exact) mass is 321 g/mol. The maximum atomic E-state index is 12.9. The number of nitrogens with zero attached hydrogens (tertiary/aromatic N) is 2. The van der Waals surface area contributed by atoms with Crippen molar-refractivity contribution in [2.45, 2.75) is 18.7 Å². The van der Waals surface area contributed by atoms with Crippen LogP contribution >= 0.6 is 11.3 Å². The Morgan fingerprint density at radius 3 is 2.86 bits per heavy atom. The van der Waals surface area contributed by atoms with Crippen LogP contribution < -0.4 is 5.32 Å². The molecule has 3 rings (SSSR count). The van der Waals surface area contributed by atoms with Gasteiger partial charge in [0, 0.05) is 25.0 Å². The van der Waals surface area contributed by atoms with Gasteiger partial charge in [-0.1, -0.05) is 12.1 Å². The molecule has 2 aromatic rings. The lowest BCUT2D eigenvalue weighted by Gasteiger charge is -2.16. The lowest BCUT2D eigenvalue weighted by atomic mass is 10.2. The van der Waals surface area contributed by atoms with Crippen molar-refractivity contribution in [3.63, 3.8) is 0 Å². The van der Waals surface area contributed by atoms with Gasteiger partial charge in [0.05, 0.1) is 17.7 Å². The van der Waals surface area contributed by atoms with Crippen molar-refractivity contribution >= 4 is 17.2 Å². The predicted molar refractivity (Wildman–Crippen MR) is 81.1 cm³/mol. The lowest BCUT2D eigenvalue weighted by Crippen LogP contribution is -2.42. The van der Waals surface area contributed by atoms with Crippen molar-refractivity contribution < 1.29 is 14.3 Å². The molecule has 1 aromatic heterocycles. The summed E-state index contributed by atoms with van der Waals surface area (Å²) >= 11 is 1.35. The highest BCUT2D eigenvalue weighted by Crippen LogP contribution is 2.15. The first-order valence-electron chi connectivity index (χ1n) is 6.96.